The molecule has 0 aromatic heterocycles. The van der Waals surface area contributed by atoms with Crippen LogP contribution in [0.5, 0.6) is 0 Å². The molecule has 1 aromatic rings. The first-order valence-electron chi connectivity index (χ1n) is 4.19. The zero-order chi connectivity index (χ0) is 10.7. The van der Waals surface area contributed by atoms with Crippen LogP contribution in [0, 0.1) is 17.0 Å². The third-order valence-electron chi connectivity index (χ3n) is 2.06. The first-order valence-corrected chi connectivity index (χ1v) is 4.19. The molecule has 0 unspecified atom stereocenters. The highest BCUT2D eigenvalue weighted by Crippen LogP contribution is 2.22. The van der Waals surface area contributed by atoms with Crippen molar-refractivity contribution >= 4 is 5.69 Å². The Kier molecular flexibility index (Phi) is 3.16. The Morgan fingerprint density at radius 3 is 2.79 bits per heavy atom. The Morgan fingerprint density at radius 1 is 1.64 bits per heavy atom. The Labute approximate surface area is 81.3 Å². The molecule has 0 aliphatic carbocycles. The highest BCUT2D eigenvalue weighted by Gasteiger charge is 2.13. The zero-order valence-electron chi connectivity index (χ0n) is 7.80. The summed E-state index contributed by atoms with van der Waals surface area (Å²) in [6.45, 7) is 1.83. The molecule has 5 heteroatoms. The van der Waals surface area contributed by atoms with Gasteiger partial charge in [0.2, 0.25) is 0 Å². The van der Waals surface area contributed by atoms with E-state index in [1.807, 2.05) is 0 Å². The number of hydrogen-bond donors (Lipinski definition) is 2. The molecule has 0 saturated heterocycles. The predicted octanol–water partition coefficient (Wildman–Crippen LogP) is 0.895. The minimum atomic E-state index is -0.838. The van der Waals surface area contributed by atoms with Crippen molar-refractivity contribution in [3.63, 3.8) is 0 Å². The normalized spacial score (nSPS) is 12.5. The summed E-state index contributed by atoms with van der Waals surface area (Å²) in [7, 11) is 0. The summed E-state index contributed by atoms with van der Waals surface area (Å²) < 4.78 is 0. The zero-order valence-corrected chi connectivity index (χ0v) is 7.80. The van der Waals surface area contributed by atoms with Gasteiger partial charge in [0.25, 0.3) is 5.69 Å². The number of aliphatic hydroxyl groups excluding tert-OH is 1. The van der Waals surface area contributed by atoms with Gasteiger partial charge in [-0.1, -0.05) is 6.07 Å². The topological polar surface area (TPSA) is 89.4 Å². The van der Waals surface area contributed by atoms with Gasteiger partial charge in [-0.15, -0.1) is 0 Å². The minimum absolute atomic E-state index is 0.0295. The van der Waals surface area contributed by atoms with Gasteiger partial charge in [0.05, 0.1) is 11.0 Å². The smallest absolute Gasteiger partial charge is 0.269 e. The highest BCUT2D eigenvalue weighted by atomic mass is 16.6. The van der Waals surface area contributed by atoms with E-state index in [4.69, 9.17) is 5.73 Å². The van der Waals surface area contributed by atoms with Crippen LogP contribution in [0.15, 0.2) is 18.2 Å². The van der Waals surface area contributed by atoms with Crippen LogP contribution in [-0.4, -0.2) is 16.6 Å². The summed E-state index contributed by atoms with van der Waals surface area (Å²) in [6, 6.07) is 4.36. The maximum Gasteiger partial charge on any atom is 0.269 e. The van der Waals surface area contributed by atoms with Gasteiger partial charge in [0.15, 0.2) is 0 Å². The largest absolute Gasteiger partial charge is 0.387 e. The van der Waals surface area contributed by atoms with Crippen LogP contribution in [0.1, 0.15) is 17.2 Å². The summed E-state index contributed by atoms with van der Waals surface area (Å²) in [5.74, 6) is 0. The molecule has 0 aliphatic rings. The first-order chi connectivity index (χ1) is 6.56. The average Bonchev–Trinajstić information content (AvgIpc) is 2.17. The van der Waals surface area contributed by atoms with Crippen molar-refractivity contribution in [3.05, 3.63) is 39.4 Å². The van der Waals surface area contributed by atoms with Crippen LogP contribution >= 0.6 is 0 Å². The fraction of sp³-hybridized carbons (Fsp3) is 0.333. The van der Waals surface area contributed by atoms with Crippen LogP contribution < -0.4 is 5.73 Å². The van der Waals surface area contributed by atoms with E-state index in [-0.39, 0.29) is 12.2 Å². The second kappa shape index (κ2) is 4.17. The van der Waals surface area contributed by atoms with Gasteiger partial charge in [0, 0.05) is 18.7 Å². The lowest BCUT2D eigenvalue weighted by Gasteiger charge is -2.10. The van der Waals surface area contributed by atoms with E-state index < -0.39 is 11.0 Å². The van der Waals surface area contributed by atoms with E-state index in [2.05, 4.69) is 0 Å². The van der Waals surface area contributed by atoms with Crippen LogP contribution in [0.3, 0.4) is 0 Å². The fourth-order valence-corrected chi connectivity index (χ4v) is 1.23. The SMILES string of the molecule is Cc1ccc([N+](=O)[O-])cc1[C@H](O)CN. The molecule has 5 nitrogen and oxygen atoms in total. The molecule has 3 N–H and O–H groups in total. The third-order valence-corrected chi connectivity index (χ3v) is 2.06. The van der Waals surface area contributed by atoms with Crippen molar-refractivity contribution in [1.82, 2.24) is 0 Å². The van der Waals surface area contributed by atoms with Gasteiger partial charge in [-0.05, 0) is 18.1 Å². The molecule has 0 amide bonds. The van der Waals surface area contributed by atoms with E-state index in [9.17, 15) is 15.2 Å². The van der Waals surface area contributed by atoms with Gasteiger partial charge in [-0.25, -0.2) is 0 Å². The number of nitrogens with two attached hydrogens (primary N) is 1. The van der Waals surface area contributed by atoms with E-state index >= 15 is 0 Å². The van der Waals surface area contributed by atoms with Crippen LogP contribution in [0.4, 0.5) is 5.69 Å². The number of nitro groups is 1. The van der Waals surface area contributed by atoms with E-state index in [0.717, 1.165) is 5.56 Å². The molecule has 0 bridgehead atoms. The monoisotopic (exact) mass is 196 g/mol. The molecule has 1 aromatic carbocycles. The van der Waals surface area contributed by atoms with E-state index in [1.165, 1.54) is 12.1 Å². The molecule has 0 aliphatic heterocycles. The van der Waals surface area contributed by atoms with Crippen molar-refractivity contribution in [1.29, 1.82) is 0 Å². The van der Waals surface area contributed by atoms with Gasteiger partial charge in [-0.3, -0.25) is 10.1 Å². The number of hydrogen-bond acceptors (Lipinski definition) is 4. The molecular formula is C9H12N2O3. The first kappa shape index (κ1) is 10.6. The number of nitrogens with zero attached hydrogens (tertiary/aromatic N) is 1. The lowest BCUT2D eigenvalue weighted by molar-refractivity contribution is -0.385. The molecule has 0 heterocycles. The van der Waals surface area contributed by atoms with Gasteiger partial charge < -0.3 is 10.8 Å². The fourth-order valence-electron chi connectivity index (χ4n) is 1.23. The second-order valence-electron chi connectivity index (χ2n) is 3.05. The molecule has 0 spiro atoms. The number of benzene rings is 1. The van der Waals surface area contributed by atoms with E-state index in [0.29, 0.717) is 5.56 Å². The molecule has 1 rings (SSSR count). The quantitative estimate of drug-likeness (QED) is 0.555. The van der Waals surface area contributed by atoms with Crippen molar-refractivity contribution in [2.24, 2.45) is 5.73 Å². The number of nitro benzene ring substituents is 1. The van der Waals surface area contributed by atoms with Crippen LogP contribution in [0.25, 0.3) is 0 Å². The van der Waals surface area contributed by atoms with Crippen molar-refractivity contribution in [3.8, 4) is 0 Å². The van der Waals surface area contributed by atoms with Gasteiger partial charge >= 0.3 is 0 Å². The van der Waals surface area contributed by atoms with Crippen molar-refractivity contribution in [2.45, 2.75) is 13.0 Å². The third kappa shape index (κ3) is 2.07. The predicted molar refractivity (Wildman–Crippen MR) is 51.8 cm³/mol. The molecular weight excluding hydrogens is 184 g/mol. The second-order valence-corrected chi connectivity index (χ2v) is 3.05. The minimum Gasteiger partial charge on any atom is -0.387 e. The van der Waals surface area contributed by atoms with E-state index in [1.54, 1.807) is 13.0 Å². The lowest BCUT2D eigenvalue weighted by atomic mass is 10.0. The summed E-state index contributed by atoms with van der Waals surface area (Å²) in [5, 5.41) is 19.9. The van der Waals surface area contributed by atoms with Crippen molar-refractivity contribution < 1.29 is 10.0 Å². The van der Waals surface area contributed by atoms with Crippen molar-refractivity contribution in [2.75, 3.05) is 6.54 Å². The number of aliphatic hydroxyl groups is 1. The molecule has 14 heavy (non-hydrogen) atoms. The number of non-ortho nitro benzene ring substituents is 1. The summed E-state index contributed by atoms with van der Waals surface area (Å²) in [6.07, 6.45) is -0.838. The molecule has 0 fully saturated rings. The molecule has 1 atom stereocenters. The maximum atomic E-state index is 10.5. The summed E-state index contributed by atoms with van der Waals surface area (Å²) in [4.78, 5) is 9.97. The molecule has 76 valence electrons. The average molecular weight is 196 g/mol. The Morgan fingerprint density at radius 2 is 2.29 bits per heavy atom. The van der Waals surface area contributed by atoms with Gasteiger partial charge in [0.1, 0.15) is 0 Å². The summed E-state index contributed by atoms with van der Waals surface area (Å²) in [5.41, 5.74) is 6.56. The Hall–Kier alpha value is -1.46. The van der Waals surface area contributed by atoms with Gasteiger partial charge in [-0.2, -0.15) is 0 Å². The molecule has 0 radical (unpaired) electrons. The Balaban J connectivity index is 3.14. The Bertz CT molecular complexity index is 352. The standard InChI is InChI=1S/C9H12N2O3/c1-6-2-3-7(11(13)14)4-8(6)9(12)5-10/h2-4,9,12H,5,10H2,1H3/t9-/m1/s1. The molecule has 0 saturated carbocycles. The number of rotatable bonds is 3. The summed E-state index contributed by atoms with van der Waals surface area (Å²) >= 11 is 0. The lowest BCUT2D eigenvalue weighted by Crippen LogP contribution is -2.12. The van der Waals surface area contributed by atoms with Crippen LogP contribution in [0.2, 0.25) is 0 Å². The number of aryl methyl sites for hydroxylation is 1. The van der Waals surface area contributed by atoms with Crippen LogP contribution in [-0.2, 0) is 0 Å². The maximum absolute atomic E-state index is 10.5. The highest BCUT2D eigenvalue weighted by molar-refractivity contribution is 5.40.